The van der Waals surface area contributed by atoms with Crippen LogP contribution in [0.4, 0.5) is 5.82 Å². The zero-order valence-electron chi connectivity index (χ0n) is 7.51. The molecular formula is C11H9N3. The number of pyridine rings is 2. The molecule has 3 rings (SSSR count). The number of aromatic nitrogens is 2. The van der Waals surface area contributed by atoms with Gasteiger partial charge in [0.2, 0.25) is 0 Å². The summed E-state index contributed by atoms with van der Waals surface area (Å²) >= 11 is 0. The third kappa shape index (κ3) is 0.893. The third-order valence-corrected chi connectivity index (χ3v) is 2.35. The molecule has 3 heterocycles. The first-order chi connectivity index (χ1) is 6.84. The van der Waals surface area contributed by atoms with Crippen LogP contribution in [-0.2, 0) is 0 Å². The fourth-order valence-corrected chi connectivity index (χ4v) is 1.71. The number of hydrogen-bond donors (Lipinski definition) is 1. The normalized spacial score (nSPS) is 11.1. The first kappa shape index (κ1) is 7.38. The Morgan fingerprint density at radius 1 is 1.14 bits per heavy atom. The molecule has 3 aromatic heterocycles. The van der Waals surface area contributed by atoms with Gasteiger partial charge >= 0.3 is 0 Å². The SMILES string of the molecule is Nc1ccc2cc3ccccn3c2n1. The number of nitrogens with two attached hydrogens (primary N) is 1. The van der Waals surface area contributed by atoms with E-state index in [0.29, 0.717) is 5.82 Å². The Balaban J connectivity index is 2.58. The van der Waals surface area contributed by atoms with Gasteiger partial charge in [0.1, 0.15) is 11.5 Å². The van der Waals surface area contributed by atoms with Crippen molar-refractivity contribution in [1.29, 1.82) is 0 Å². The second kappa shape index (κ2) is 2.48. The lowest BCUT2D eigenvalue weighted by atomic mass is 10.3. The van der Waals surface area contributed by atoms with E-state index in [1.165, 1.54) is 0 Å². The minimum Gasteiger partial charge on any atom is -0.384 e. The minimum atomic E-state index is 0.557. The van der Waals surface area contributed by atoms with Gasteiger partial charge in [-0.2, -0.15) is 0 Å². The number of nitrogen functional groups attached to an aromatic ring is 1. The lowest BCUT2D eigenvalue weighted by Gasteiger charge is -1.95. The fraction of sp³-hybridized carbons (Fsp3) is 0. The highest BCUT2D eigenvalue weighted by molar-refractivity contribution is 5.85. The molecule has 0 radical (unpaired) electrons. The molecule has 0 spiro atoms. The van der Waals surface area contributed by atoms with Gasteiger partial charge in [0.15, 0.2) is 0 Å². The van der Waals surface area contributed by atoms with Gasteiger partial charge in [-0.15, -0.1) is 0 Å². The van der Waals surface area contributed by atoms with E-state index >= 15 is 0 Å². The quantitative estimate of drug-likeness (QED) is 0.579. The topological polar surface area (TPSA) is 43.3 Å². The number of hydrogen-bond acceptors (Lipinski definition) is 2. The molecule has 0 aliphatic rings. The van der Waals surface area contributed by atoms with Gasteiger partial charge in [0, 0.05) is 17.1 Å². The number of fused-ring (bicyclic) bond motifs is 3. The van der Waals surface area contributed by atoms with Crippen LogP contribution in [0.5, 0.6) is 0 Å². The largest absolute Gasteiger partial charge is 0.384 e. The Labute approximate surface area is 80.8 Å². The molecule has 0 aliphatic heterocycles. The van der Waals surface area contributed by atoms with Crippen LogP contribution in [-0.4, -0.2) is 9.38 Å². The average Bonchev–Trinajstić information content (AvgIpc) is 2.56. The van der Waals surface area contributed by atoms with Gasteiger partial charge in [0.05, 0.1) is 0 Å². The van der Waals surface area contributed by atoms with Crippen LogP contribution >= 0.6 is 0 Å². The summed E-state index contributed by atoms with van der Waals surface area (Å²) in [6, 6.07) is 12.0. The Morgan fingerprint density at radius 2 is 2.07 bits per heavy atom. The smallest absolute Gasteiger partial charge is 0.146 e. The van der Waals surface area contributed by atoms with Gasteiger partial charge in [-0.1, -0.05) is 6.07 Å². The molecular weight excluding hydrogens is 174 g/mol. The van der Waals surface area contributed by atoms with Gasteiger partial charge < -0.3 is 10.1 Å². The zero-order valence-corrected chi connectivity index (χ0v) is 7.51. The van der Waals surface area contributed by atoms with Gasteiger partial charge in [0.25, 0.3) is 0 Å². The first-order valence-corrected chi connectivity index (χ1v) is 4.47. The second-order valence-electron chi connectivity index (χ2n) is 3.29. The van der Waals surface area contributed by atoms with E-state index in [-0.39, 0.29) is 0 Å². The first-order valence-electron chi connectivity index (χ1n) is 4.47. The van der Waals surface area contributed by atoms with E-state index in [9.17, 15) is 0 Å². The molecule has 2 N–H and O–H groups in total. The lowest BCUT2D eigenvalue weighted by molar-refractivity contribution is 1.20. The molecule has 0 atom stereocenters. The molecule has 0 aromatic carbocycles. The summed E-state index contributed by atoms with van der Waals surface area (Å²) in [5.74, 6) is 0.557. The maximum atomic E-state index is 5.65. The van der Waals surface area contributed by atoms with Gasteiger partial charge in [-0.3, -0.25) is 0 Å². The molecule has 3 aromatic rings. The van der Waals surface area contributed by atoms with Crippen LogP contribution in [0, 0.1) is 0 Å². The van der Waals surface area contributed by atoms with Crippen LogP contribution < -0.4 is 5.73 Å². The molecule has 0 aliphatic carbocycles. The van der Waals surface area contributed by atoms with Gasteiger partial charge in [-0.05, 0) is 30.3 Å². The van der Waals surface area contributed by atoms with Crippen molar-refractivity contribution in [2.24, 2.45) is 0 Å². The summed E-state index contributed by atoms with van der Waals surface area (Å²) in [4.78, 5) is 4.30. The van der Waals surface area contributed by atoms with E-state index in [1.54, 1.807) is 0 Å². The van der Waals surface area contributed by atoms with Crippen molar-refractivity contribution >= 4 is 22.4 Å². The maximum Gasteiger partial charge on any atom is 0.146 e. The molecule has 3 nitrogen and oxygen atoms in total. The highest BCUT2D eigenvalue weighted by atomic mass is 15.0. The molecule has 0 fully saturated rings. The van der Waals surface area contributed by atoms with Crippen molar-refractivity contribution in [3.8, 4) is 0 Å². The summed E-state index contributed by atoms with van der Waals surface area (Å²) in [7, 11) is 0. The molecule has 0 amide bonds. The Kier molecular flexibility index (Phi) is 1.31. The van der Waals surface area contributed by atoms with Crippen molar-refractivity contribution in [3.05, 3.63) is 42.6 Å². The predicted molar refractivity (Wildman–Crippen MR) is 57.1 cm³/mol. The van der Waals surface area contributed by atoms with Crippen molar-refractivity contribution in [1.82, 2.24) is 9.38 Å². The molecule has 68 valence electrons. The molecule has 0 bridgehead atoms. The average molecular weight is 183 g/mol. The third-order valence-electron chi connectivity index (χ3n) is 2.35. The number of nitrogens with zero attached hydrogens (tertiary/aromatic N) is 2. The Hall–Kier alpha value is -2.03. The molecule has 3 heteroatoms. The second-order valence-corrected chi connectivity index (χ2v) is 3.29. The van der Waals surface area contributed by atoms with Crippen molar-refractivity contribution < 1.29 is 0 Å². The van der Waals surface area contributed by atoms with Crippen molar-refractivity contribution in [2.75, 3.05) is 5.73 Å². The Bertz CT molecular complexity index is 610. The number of rotatable bonds is 0. The minimum absolute atomic E-state index is 0.557. The van der Waals surface area contributed by atoms with E-state index in [4.69, 9.17) is 5.73 Å². The lowest BCUT2D eigenvalue weighted by Crippen LogP contribution is -1.91. The highest BCUT2D eigenvalue weighted by Gasteiger charge is 2.02. The highest BCUT2D eigenvalue weighted by Crippen LogP contribution is 2.18. The molecule has 14 heavy (non-hydrogen) atoms. The Morgan fingerprint density at radius 3 is 3.00 bits per heavy atom. The molecule has 0 unspecified atom stereocenters. The monoisotopic (exact) mass is 183 g/mol. The van der Waals surface area contributed by atoms with Crippen molar-refractivity contribution in [3.63, 3.8) is 0 Å². The van der Waals surface area contributed by atoms with E-state index in [2.05, 4.69) is 17.1 Å². The van der Waals surface area contributed by atoms with E-state index < -0.39 is 0 Å². The predicted octanol–water partition coefficient (Wildman–Crippen LogP) is 2.07. The summed E-state index contributed by atoms with van der Waals surface area (Å²) in [5, 5.41) is 1.12. The van der Waals surface area contributed by atoms with Crippen LogP contribution in [0.15, 0.2) is 42.6 Å². The summed E-state index contributed by atoms with van der Waals surface area (Å²) in [6.07, 6.45) is 1.99. The van der Waals surface area contributed by atoms with E-state index in [0.717, 1.165) is 16.6 Å². The van der Waals surface area contributed by atoms with Crippen molar-refractivity contribution in [2.45, 2.75) is 0 Å². The van der Waals surface area contributed by atoms with Crippen LogP contribution in [0.25, 0.3) is 16.6 Å². The van der Waals surface area contributed by atoms with Crippen LogP contribution in [0.2, 0.25) is 0 Å². The summed E-state index contributed by atoms with van der Waals surface area (Å²) in [5.41, 5.74) is 7.71. The van der Waals surface area contributed by atoms with E-state index in [1.807, 2.05) is 34.9 Å². The maximum absolute atomic E-state index is 5.65. The van der Waals surface area contributed by atoms with Crippen LogP contribution in [0.3, 0.4) is 0 Å². The summed E-state index contributed by atoms with van der Waals surface area (Å²) < 4.78 is 2.03. The van der Waals surface area contributed by atoms with Gasteiger partial charge in [-0.25, -0.2) is 4.98 Å². The standard InChI is InChI=1S/C11H9N3/c12-10-5-4-8-7-9-3-1-2-6-14(9)11(8)13-10/h1-7H,(H2,12,13). The molecule has 0 saturated carbocycles. The molecule has 0 saturated heterocycles. The zero-order chi connectivity index (χ0) is 9.54. The fourth-order valence-electron chi connectivity index (χ4n) is 1.71. The number of anilines is 1. The summed E-state index contributed by atoms with van der Waals surface area (Å²) in [6.45, 7) is 0. The van der Waals surface area contributed by atoms with Crippen LogP contribution in [0.1, 0.15) is 0 Å².